The van der Waals surface area contributed by atoms with E-state index < -0.39 is 0 Å². The van der Waals surface area contributed by atoms with Crippen LogP contribution in [-0.2, 0) is 6.54 Å². The average molecular weight is 459 g/mol. The van der Waals surface area contributed by atoms with Gasteiger partial charge < -0.3 is 20.9 Å². The van der Waals surface area contributed by atoms with Gasteiger partial charge in [-0.05, 0) is 55.3 Å². The molecule has 1 unspecified atom stereocenters. The molecule has 0 fully saturated rings. The molecule has 1 atom stereocenters. The third-order valence-corrected chi connectivity index (χ3v) is 5.08. The van der Waals surface area contributed by atoms with E-state index in [1.807, 2.05) is 36.4 Å². The maximum absolute atomic E-state index is 9.74. The summed E-state index contributed by atoms with van der Waals surface area (Å²) < 4.78 is 5.17. The fraction of sp³-hybridized carbons (Fsp3) is 0.286. The monoisotopic (exact) mass is 457 g/mol. The van der Waals surface area contributed by atoms with Crippen molar-refractivity contribution >= 4 is 47.3 Å². The number of ether oxygens (including phenoxy) is 1. The van der Waals surface area contributed by atoms with Crippen LogP contribution in [0.5, 0.6) is 11.5 Å². The van der Waals surface area contributed by atoms with Crippen LogP contribution in [0.2, 0.25) is 5.02 Å². The molecule has 4 N–H and O–H groups in total. The molecule has 158 valence electrons. The van der Waals surface area contributed by atoms with Gasteiger partial charge in [-0.25, -0.2) is 0 Å². The van der Waals surface area contributed by atoms with E-state index in [9.17, 15) is 5.11 Å². The van der Waals surface area contributed by atoms with E-state index >= 15 is 0 Å². The third kappa shape index (κ3) is 5.65. The molecule has 0 aliphatic heterocycles. The molecule has 8 heteroatoms. The van der Waals surface area contributed by atoms with Crippen molar-refractivity contribution in [2.75, 3.05) is 7.11 Å². The normalized spacial score (nSPS) is 12.0. The van der Waals surface area contributed by atoms with Crippen LogP contribution in [0.3, 0.4) is 0 Å². The number of halogens is 3. The Hall–Kier alpha value is -1.76. The maximum atomic E-state index is 9.74. The largest absolute Gasteiger partial charge is 0.504 e. The second-order valence-corrected chi connectivity index (χ2v) is 7.56. The zero-order valence-electron chi connectivity index (χ0n) is 16.5. The van der Waals surface area contributed by atoms with Gasteiger partial charge >= 0.3 is 0 Å². The number of pyridine rings is 1. The van der Waals surface area contributed by atoms with E-state index in [1.54, 1.807) is 12.3 Å². The summed E-state index contributed by atoms with van der Waals surface area (Å²) in [5.74, 6) is 0.576. The number of phenolic OH excluding ortho intramolecular Hbond substituents is 1. The predicted molar refractivity (Wildman–Crippen MR) is 124 cm³/mol. The van der Waals surface area contributed by atoms with Gasteiger partial charge in [-0.2, -0.15) is 0 Å². The molecule has 3 aromatic rings. The number of rotatable bonds is 6. The molecule has 0 radical (unpaired) electrons. The number of hydrogen-bond acceptors (Lipinski definition) is 5. The van der Waals surface area contributed by atoms with Crippen molar-refractivity contribution < 1.29 is 9.84 Å². The van der Waals surface area contributed by atoms with Gasteiger partial charge in [0.05, 0.1) is 12.6 Å². The van der Waals surface area contributed by atoms with Gasteiger partial charge in [-0.1, -0.05) is 23.7 Å². The molecule has 0 aliphatic carbocycles. The van der Waals surface area contributed by atoms with E-state index in [0.717, 1.165) is 22.0 Å². The lowest BCUT2D eigenvalue weighted by Crippen LogP contribution is -2.48. The lowest BCUT2D eigenvalue weighted by molar-refractivity contribution is 0.321. The summed E-state index contributed by atoms with van der Waals surface area (Å²) in [5, 5.41) is 14.9. The first-order valence-electron chi connectivity index (χ1n) is 8.72. The Balaban J connectivity index is 0.00000210. The van der Waals surface area contributed by atoms with Crippen LogP contribution in [-0.4, -0.2) is 22.7 Å². The molecule has 5 nitrogen and oxygen atoms in total. The molecule has 29 heavy (non-hydrogen) atoms. The molecule has 2 aromatic carbocycles. The lowest BCUT2D eigenvalue weighted by atomic mass is 9.87. The molecule has 1 aromatic heterocycles. The molecule has 0 saturated carbocycles. The van der Waals surface area contributed by atoms with Gasteiger partial charge in [0.25, 0.3) is 0 Å². The van der Waals surface area contributed by atoms with E-state index in [0.29, 0.717) is 17.3 Å². The first-order valence-corrected chi connectivity index (χ1v) is 9.10. The van der Waals surface area contributed by atoms with E-state index in [1.165, 1.54) is 7.11 Å². The second kappa shape index (κ2) is 10.3. The number of benzene rings is 2. The Bertz CT molecular complexity index is 967. The van der Waals surface area contributed by atoms with Crippen LogP contribution in [0, 0.1) is 0 Å². The number of fused-ring (bicyclic) bond motifs is 1. The molecular weight excluding hydrogens is 433 g/mol. The van der Waals surface area contributed by atoms with Crippen molar-refractivity contribution in [2.24, 2.45) is 5.73 Å². The number of hydrogen-bond donors (Lipinski definition) is 3. The molecule has 1 heterocycles. The summed E-state index contributed by atoms with van der Waals surface area (Å²) >= 11 is 6.08. The highest BCUT2D eigenvalue weighted by Gasteiger charge is 2.28. The van der Waals surface area contributed by atoms with Gasteiger partial charge in [0.2, 0.25) is 0 Å². The first-order chi connectivity index (χ1) is 12.8. The van der Waals surface area contributed by atoms with E-state index in [2.05, 4.69) is 24.1 Å². The van der Waals surface area contributed by atoms with Gasteiger partial charge in [0.15, 0.2) is 11.5 Å². The fourth-order valence-electron chi connectivity index (χ4n) is 3.08. The Morgan fingerprint density at radius 2 is 1.90 bits per heavy atom. The molecule has 0 amide bonds. The van der Waals surface area contributed by atoms with Gasteiger partial charge in [0, 0.05) is 34.7 Å². The standard InChI is InChI=1S/C21H24ClN3O2.2ClH/c1-21(2,25-12-13-4-7-18(26)19(10-13)27-3)20(23)16-8-9-24-17-11-14(22)5-6-15(16)17;;/h4-11,20,25-26H,12,23H2,1-3H3;2*1H. The van der Waals surface area contributed by atoms with Crippen LogP contribution < -0.4 is 15.8 Å². The van der Waals surface area contributed by atoms with Crippen molar-refractivity contribution in [1.82, 2.24) is 10.3 Å². The van der Waals surface area contributed by atoms with E-state index in [4.69, 9.17) is 22.1 Å². The predicted octanol–water partition coefficient (Wildman–Crippen LogP) is 5.01. The third-order valence-electron chi connectivity index (χ3n) is 4.84. The summed E-state index contributed by atoms with van der Waals surface area (Å²) in [4.78, 5) is 4.39. The minimum Gasteiger partial charge on any atom is -0.504 e. The Kier molecular flexibility index (Phi) is 9.00. The fourth-order valence-corrected chi connectivity index (χ4v) is 3.24. The smallest absolute Gasteiger partial charge is 0.160 e. The number of nitrogens with two attached hydrogens (primary N) is 1. The number of nitrogens with zero attached hydrogens (tertiary/aromatic N) is 1. The van der Waals surface area contributed by atoms with Gasteiger partial charge in [-0.3, -0.25) is 4.98 Å². The number of aromatic hydroxyl groups is 1. The molecule has 3 rings (SSSR count). The van der Waals surface area contributed by atoms with Crippen molar-refractivity contribution in [3.8, 4) is 11.5 Å². The maximum Gasteiger partial charge on any atom is 0.160 e. The number of nitrogens with one attached hydrogen (secondary N) is 1. The van der Waals surface area contributed by atoms with Crippen LogP contribution in [0.25, 0.3) is 10.9 Å². The summed E-state index contributed by atoms with van der Waals surface area (Å²) in [7, 11) is 1.53. The highest BCUT2D eigenvalue weighted by atomic mass is 35.5. The molecule has 0 spiro atoms. The Morgan fingerprint density at radius 1 is 1.17 bits per heavy atom. The van der Waals surface area contributed by atoms with Crippen LogP contribution >= 0.6 is 36.4 Å². The average Bonchev–Trinajstić information content (AvgIpc) is 2.66. The topological polar surface area (TPSA) is 80.4 Å². The van der Waals surface area contributed by atoms with Crippen molar-refractivity contribution in [1.29, 1.82) is 0 Å². The second-order valence-electron chi connectivity index (χ2n) is 7.12. The zero-order valence-corrected chi connectivity index (χ0v) is 18.9. The number of phenols is 1. The highest BCUT2D eigenvalue weighted by molar-refractivity contribution is 6.31. The Labute approximate surface area is 188 Å². The quantitative estimate of drug-likeness (QED) is 0.483. The van der Waals surface area contributed by atoms with Gasteiger partial charge in [-0.15, -0.1) is 24.8 Å². The highest BCUT2D eigenvalue weighted by Crippen LogP contribution is 2.31. The van der Waals surface area contributed by atoms with Crippen molar-refractivity contribution in [2.45, 2.75) is 32.0 Å². The number of aromatic nitrogens is 1. The molecule has 0 bridgehead atoms. The SMILES string of the molecule is COc1cc(CNC(C)(C)C(N)c2ccnc3cc(Cl)ccc23)ccc1O.Cl.Cl. The Morgan fingerprint density at radius 3 is 2.59 bits per heavy atom. The lowest BCUT2D eigenvalue weighted by Gasteiger charge is -2.34. The van der Waals surface area contributed by atoms with Crippen molar-refractivity contribution in [3.05, 3.63) is 64.8 Å². The first kappa shape index (κ1) is 25.3. The minimum atomic E-state index is -0.390. The zero-order chi connectivity index (χ0) is 19.6. The molecular formula is C21H26Cl3N3O2. The molecule has 0 saturated heterocycles. The van der Waals surface area contributed by atoms with Gasteiger partial charge in [0.1, 0.15) is 0 Å². The van der Waals surface area contributed by atoms with Crippen LogP contribution in [0.1, 0.15) is 31.0 Å². The summed E-state index contributed by atoms with van der Waals surface area (Å²) in [6.45, 7) is 4.72. The van der Waals surface area contributed by atoms with Crippen LogP contribution in [0.4, 0.5) is 0 Å². The van der Waals surface area contributed by atoms with Crippen molar-refractivity contribution in [3.63, 3.8) is 0 Å². The summed E-state index contributed by atoms with van der Waals surface area (Å²) in [6.07, 6.45) is 1.76. The molecule has 0 aliphatic rings. The summed E-state index contributed by atoms with van der Waals surface area (Å²) in [6, 6.07) is 12.6. The van der Waals surface area contributed by atoms with E-state index in [-0.39, 0.29) is 42.1 Å². The van der Waals surface area contributed by atoms with Crippen LogP contribution in [0.15, 0.2) is 48.7 Å². The minimum absolute atomic E-state index is 0. The number of methoxy groups -OCH3 is 1. The summed E-state index contributed by atoms with van der Waals surface area (Å²) in [5.41, 5.74) is 9.08.